The summed E-state index contributed by atoms with van der Waals surface area (Å²) >= 11 is 0. The molecule has 1 heteroatoms. The molecule has 1 nitrogen and oxygen atoms in total. The van der Waals surface area contributed by atoms with Gasteiger partial charge in [-0.05, 0) is 49.9 Å². The van der Waals surface area contributed by atoms with E-state index in [2.05, 4.69) is 19.9 Å². The van der Waals surface area contributed by atoms with Gasteiger partial charge in [0.2, 0.25) is 0 Å². The van der Waals surface area contributed by atoms with Crippen LogP contribution in [0.4, 0.5) is 0 Å². The van der Waals surface area contributed by atoms with Gasteiger partial charge in [0.15, 0.2) is 0 Å². The summed E-state index contributed by atoms with van der Waals surface area (Å²) < 4.78 is 5.54. The molecule has 0 amide bonds. The molecule has 3 unspecified atom stereocenters. The summed E-state index contributed by atoms with van der Waals surface area (Å²) in [5.74, 6) is 3.59. The zero-order valence-corrected chi connectivity index (χ0v) is 11.9. The predicted molar refractivity (Wildman–Crippen MR) is 72.9 cm³/mol. The molecular formula is C16H28O. The minimum absolute atomic E-state index is 0.618. The maximum absolute atomic E-state index is 5.54. The molecule has 1 saturated carbocycles. The number of hydrogen-bond donors (Lipinski definition) is 0. The van der Waals surface area contributed by atoms with E-state index in [0.717, 1.165) is 30.3 Å². The van der Waals surface area contributed by atoms with E-state index in [1.54, 1.807) is 5.57 Å². The molecule has 3 aliphatic rings. The van der Waals surface area contributed by atoms with Crippen molar-refractivity contribution in [3.63, 3.8) is 0 Å². The minimum Gasteiger partial charge on any atom is -0.373 e. The molecule has 0 bridgehead atoms. The predicted octanol–water partition coefficient (Wildman–Crippen LogP) is 4.43. The number of ether oxygens (including phenoxy) is 1. The van der Waals surface area contributed by atoms with Crippen molar-refractivity contribution >= 4 is 0 Å². The van der Waals surface area contributed by atoms with E-state index in [9.17, 15) is 0 Å². The number of epoxide rings is 1. The largest absolute Gasteiger partial charge is 0.373 e. The molecule has 0 radical (unpaired) electrons. The number of hydrogen-bond acceptors (Lipinski definition) is 1. The molecule has 0 aromatic rings. The Hall–Kier alpha value is -0.300. The van der Waals surface area contributed by atoms with Gasteiger partial charge in [-0.2, -0.15) is 0 Å². The maximum atomic E-state index is 5.54. The van der Waals surface area contributed by atoms with Crippen molar-refractivity contribution in [1.82, 2.24) is 0 Å². The smallest absolute Gasteiger partial charge is 0.0843 e. The van der Waals surface area contributed by atoms with E-state index in [0.29, 0.717) is 6.10 Å². The third-order valence-electron chi connectivity index (χ3n) is 4.86. The van der Waals surface area contributed by atoms with E-state index < -0.39 is 0 Å². The SMILES string of the molecule is CC.CC1=CC2C(CC1)[C@H](C)CCC2[C@@H]1CO1. The van der Waals surface area contributed by atoms with E-state index in [-0.39, 0.29) is 0 Å². The summed E-state index contributed by atoms with van der Waals surface area (Å²) in [7, 11) is 0. The molecule has 1 aliphatic heterocycles. The lowest BCUT2D eigenvalue weighted by atomic mass is 9.62. The minimum atomic E-state index is 0.618. The fourth-order valence-corrected chi connectivity index (χ4v) is 3.83. The second-order valence-corrected chi connectivity index (χ2v) is 5.88. The Balaban J connectivity index is 0.000000514. The van der Waals surface area contributed by atoms with Crippen molar-refractivity contribution in [2.24, 2.45) is 23.7 Å². The van der Waals surface area contributed by atoms with Gasteiger partial charge in [-0.3, -0.25) is 0 Å². The third kappa shape index (κ3) is 2.76. The zero-order valence-electron chi connectivity index (χ0n) is 11.9. The second-order valence-electron chi connectivity index (χ2n) is 5.88. The van der Waals surface area contributed by atoms with Crippen molar-refractivity contribution in [2.45, 2.75) is 59.5 Å². The Bertz CT molecular complexity index is 277. The van der Waals surface area contributed by atoms with Crippen molar-refractivity contribution < 1.29 is 4.74 Å². The van der Waals surface area contributed by atoms with Gasteiger partial charge < -0.3 is 4.74 Å². The summed E-state index contributed by atoms with van der Waals surface area (Å²) in [5, 5.41) is 0. The maximum Gasteiger partial charge on any atom is 0.0843 e. The van der Waals surface area contributed by atoms with Crippen LogP contribution in [-0.4, -0.2) is 12.7 Å². The van der Waals surface area contributed by atoms with E-state index in [4.69, 9.17) is 4.74 Å². The van der Waals surface area contributed by atoms with Crippen LogP contribution in [0.5, 0.6) is 0 Å². The monoisotopic (exact) mass is 236 g/mol. The standard InChI is InChI=1S/C14H22O.C2H6/c1-9-3-5-11-10(2)4-6-12(13(11)7-9)14-8-15-14;1-2/h7,10-14H,3-6,8H2,1-2H3;1-2H3/t10-,11?,12?,13?,14+;/m1./s1. The fourth-order valence-electron chi connectivity index (χ4n) is 3.83. The van der Waals surface area contributed by atoms with Crippen LogP contribution in [0.3, 0.4) is 0 Å². The highest BCUT2D eigenvalue weighted by atomic mass is 16.6. The van der Waals surface area contributed by atoms with Crippen molar-refractivity contribution in [3.05, 3.63) is 11.6 Å². The highest BCUT2D eigenvalue weighted by Crippen LogP contribution is 2.48. The van der Waals surface area contributed by atoms with Gasteiger partial charge in [-0.1, -0.05) is 38.8 Å². The Labute approximate surface area is 107 Å². The van der Waals surface area contributed by atoms with Crippen LogP contribution in [0.25, 0.3) is 0 Å². The van der Waals surface area contributed by atoms with Crippen LogP contribution in [0.2, 0.25) is 0 Å². The Kier molecular flexibility index (Phi) is 4.30. The summed E-state index contributed by atoms with van der Waals surface area (Å²) in [6.07, 6.45) is 8.79. The molecular weight excluding hydrogens is 208 g/mol. The fraction of sp³-hybridized carbons (Fsp3) is 0.875. The number of rotatable bonds is 1. The lowest BCUT2D eigenvalue weighted by Crippen LogP contribution is -2.36. The van der Waals surface area contributed by atoms with E-state index >= 15 is 0 Å². The number of fused-ring (bicyclic) bond motifs is 1. The normalized spacial score (nSPS) is 44.0. The Morgan fingerprint density at radius 3 is 2.47 bits per heavy atom. The van der Waals surface area contributed by atoms with Crippen LogP contribution in [0, 0.1) is 23.7 Å². The van der Waals surface area contributed by atoms with Crippen molar-refractivity contribution in [2.75, 3.05) is 6.61 Å². The summed E-state index contributed by atoms with van der Waals surface area (Å²) in [5.41, 5.74) is 1.62. The highest BCUT2D eigenvalue weighted by molar-refractivity contribution is 5.12. The Morgan fingerprint density at radius 2 is 1.82 bits per heavy atom. The zero-order chi connectivity index (χ0) is 12.4. The van der Waals surface area contributed by atoms with Crippen molar-refractivity contribution in [1.29, 1.82) is 0 Å². The van der Waals surface area contributed by atoms with Crippen LogP contribution < -0.4 is 0 Å². The first kappa shape index (κ1) is 13.1. The molecule has 0 spiro atoms. The first-order chi connectivity index (χ1) is 8.25. The highest BCUT2D eigenvalue weighted by Gasteiger charge is 2.45. The van der Waals surface area contributed by atoms with Gasteiger partial charge in [0.25, 0.3) is 0 Å². The summed E-state index contributed by atoms with van der Waals surface area (Å²) in [4.78, 5) is 0. The molecule has 2 aliphatic carbocycles. The van der Waals surface area contributed by atoms with Crippen LogP contribution in [-0.2, 0) is 4.74 Å². The molecule has 1 heterocycles. The first-order valence-electron chi connectivity index (χ1n) is 7.54. The van der Waals surface area contributed by atoms with Gasteiger partial charge in [-0.15, -0.1) is 0 Å². The molecule has 0 aromatic carbocycles. The number of allylic oxidation sites excluding steroid dienone is 2. The third-order valence-corrected chi connectivity index (χ3v) is 4.86. The average molecular weight is 236 g/mol. The van der Waals surface area contributed by atoms with Gasteiger partial charge in [-0.25, -0.2) is 0 Å². The molecule has 1 saturated heterocycles. The topological polar surface area (TPSA) is 12.5 Å². The first-order valence-corrected chi connectivity index (χ1v) is 7.54. The van der Waals surface area contributed by atoms with Gasteiger partial charge in [0.05, 0.1) is 12.7 Å². The molecule has 98 valence electrons. The van der Waals surface area contributed by atoms with Gasteiger partial charge >= 0.3 is 0 Å². The van der Waals surface area contributed by atoms with Crippen molar-refractivity contribution in [3.8, 4) is 0 Å². The lowest BCUT2D eigenvalue weighted by molar-refractivity contribution is 0.0961. The molecule has 0 aromatic heterocycles. The van der Waals surface area contributed by atoms with Crippen LogP contribution in [0.15, 0.2) is 11.6 Å². The Morgan fingerprint density at radius 1 is 1.12 bits per heavy atom. The molecule has 0 N–H and O–H groups in total. The van der Waals surface area contributed by atoms with Crippen LogP contribution >= 0.6 is 0 Å². The van der Waals surface area contributed by atoms with E-state index in [1.807, 2.05) is 13.8 Å². The molecule has 2 fully saturated rings. The average Bonchev–Trinajstić information content (AvgIpc) is 3.16. The van der Waals surface area contributed by atoms with E-state index in [1.165, 1.54) is 25.7 Å². The quantitative estimate of drug-likeness (QED) is 0.484. The molecule has 3 rings (SSSR count). The lowest BCUT2D eigenvalue weighted by Gasteiger charge is -2.43. The van der Waals surface area contributed by atoms with Crippen LogP contribution in [0.1, 0.15) is 53.4 Å². The summed E-state index contributed by atoms with van der Waals surface area (Å²) in [6.45, 7) is 9.80. The summed E-state index contributed by atoms with van der Waals surface area (Å²) in [6, 6.07) is 0. The molecule has 17 heavy (non-hydrogen) atoms. The van der Waals surface area contributed by atoms with Gasteiger partial charge in [0.1, 0.15) is 0 Å². The van der Waals surface area contributed by atoms with Gasteiger partial charge in [0, 0.05) is 0 Å². The second kappa shape index (κ2) is 5.56. The molecule has 5 atom stereocenters.